The summed E-state index contributed by atoms with van der Waals surface area (Å²) in [5, 5.41) is 10.8. The van der Waals surface area contributed by atoms with E-state index in [1.165, 1.54) is 72.8 Å². The number of hydrogen-bond acceptors (Lipinski definition) is 10. The summed E-state index contributed by atoms with van der Waals surface area (Å²) in [6.45, 7) is 0.480. The van der Waals surface area contributed by atoms with Crippen LogP contribution in [0.4, 0.5) is 32.3 Å². The lowest BCUT2D eigenvalue weighted by molar-refractivity contribution is 0.217. The molecule has 0 aliphatic carbocycles. The van der Waals surface area contributed by atoms with Crippen LogP contribution in [-0.2, 0) is 20.2 Å². The number of carbonyl (C=O) groups is 2. The molecule has 0 aliphatic heterocycles. The van der Waals surface area contributed by atoms with E-state index >= 15 is 0 Å². The van der Waals surface area contributed by atoms with Crippen molar-refractivity contribution >= 4 is 55.0 Å². The van der Waals surface area contributed by atoms with E-state index < -0.39 is 32.3 Å². The van der Waals surface area contributed by atoms with Crippen LogP contribution in [0, 0.1) is 0 Å². The third-order valence-corrected chi connectivity index (χ3v) is 10.1. The van der Waals surface area contributed by atoms with E-state index in [-0.39, 0.29) is 34.5 Å². The van der Waals surface area contributed by atoms with E-state index in [1.807, 2.05) is 0 Å². The first-order valence-corrected chi connectivity index (χ1v) is 19.6. The normalized spacial score (nSPS) is 11.1. The minimum Gasteiger partial charge on any atom is -0.490 e. The SMILES string of the molecule is O=C(Nc1ccc(OCCOc2ccc(NC(=O)Nc3ccc(OS(=O)(=O)c4ccccc4)cc3)cc2)cc1)Nc1ccc(OS(=O)(=O)c2ccccc2)cc1. The molecule has 4 N–H and O–H groups in total. The molecule has 14 nitrogen and oxygen atoms in total. The summed E-state index contributed by atoms with van der Waals surface area (Å²) in [5.41, 5.74) is 1.88. The zero-order chi connectivity index (χ0) is 39.4. The molecule has 0 saturated carbocycles. The van der Waals surface area contributed by atoms with Crippen molar-refractivity contribution in [2.45, 2.75) is 9.79 Å². The second-order valence-corrected chi connectivity index (χ2v) is 14.7. The Balaban J connectivity index is 0.872. The third-order valence-electron chi connectivity index (χ3n) is 7.55. The Hall–Kier alpha value is -7.04. The zero-order valence-corrected chi connectivity index (χ0v) is 31.0. The van der Waals surface area contributed by atoms with Crippen molar-refractivity contribution in [1.82, 2.24) is 0 Å². The van der Waals surface area contributed by atoms with Crippen molar-refractivity contribution in [2.24, 2.45) is 0 Å². The smallest absolute Gasteiger partial charge is 0.339 e. The van der Waals surface area contributed by atoms with Gasteiger partial charge >= 0.3 is 32.3 Å². The van der Waals surface area contributed by atoms with Crippen LogP contribution in [0.1, 0.15) is 0 Å². The molecule has 0 spiro atoms. The van der Waals surface area contributed by atoms with Crippen LogP contribution in [0.3, 0.4) is 0 Å². The van der Waals surface area contributed by atoms with Crippen LogP contribution in [-0.4, -0.2) is 42.1 Å². The van der Waals surface area contributed by atoms with Crippen LogP contribution in [0.2, 0.25) is 0 Å². The Morgan fingerprint density at radius 2 is 0.643 bits per heavy atom. The monoisotopic (exact) mass is 794 g/mol. The van der Waals surface area contributed by atoms with Gasteiger partial charge in [-0.15, -0.1) is 0 Å². The Bertz CT molecular complexity index is 2280. The van der Waals surface area contributed by atoms with Gasteiger partial charge in [-0.2, -0.15) is 16.8 Å². The molecule has 286 valence electrons. The lowest BCUT2D eigenvalue weighted by Crippen LogP contribution is -2.19. The number of carbonyl (C=O) groups excluding carboxylic acids is 2. The minimum absolute atomic E-state index is 0.0332. The summed E-state index contributed by atoms with van der Waals surface area (Å²) in [7, 11) is -7.96. The molecule has 0 bridgehead atoms. The molecule has 0 aliphatic rings. The van der Waals surface area contributed by atoms with E-state index in [2.05, 4.69) is 21.3 Å². The Labute approximate surface area is 323 Å². The minimum atomic E-state index is -3.98. The molecule has 6 aromatic rings. The molecular formula is C40H34N4O10S2. The zero-order valence-electron chi connectivity index (χ0n) is 29.3. The highest BCUT2D eigenvalue weighted by Crippen LogP contribution is 2.23. The molecule has 0 radical (unpaired) electrons. The summed E-state index contributed by atoms with van der Waals surface area (Å²) < 4.78 is 71.4. The van der Waals surface area contributed by atoms with Crippen LogP contribution >= 0.6 is 0 Å². The molecule has 4 amide bonds. The fourth-order valence-corrected chi connectivity index (χ4v) is 6.79. The molecular weight excluding hydrogens is 761 g/mol. The first-order valence-electron chi connectivity index (χ1n) is 16.8. The Morgan fingerprint density at radius 3 is 0.929 bits per heavy atom. The highest BCUT2D eigenvalue weighted by atomic mass is 32.2. The molecule has 6 aromatic carbocycles. The molecule has 0 aromatic heterocycles. The number of anilines is 4. The van der Waals surface area contributed by atoms with Gasteiger partial charge in [0, 0.05) is 22.7 Å². The van der Waals surface area contributed by atoms with Crippen molar-refractivity contribution in [3.8, 4) is 23.0 Å². The average Bonchev–Trinajstić information content (AvgIpc) is 3.20. The molecule has 0 atom stereocenters. The summed E-state index contributed by atoms with van der Waals surface area (Å²) >= 11 is 0. The van der Waals surface area contributed by atoms with Crippen molar-refractivity contribution in [1.29, 1.82) is 0 Å². The summed E-state index contributed by atoms with van der Waals surface area (Å²) in [6.07, 6.45) is 0. The van der Waals surface area contributed by atoms with Gasteiger partial charge in [-0.3, -0.25) is 0 Å². The maximum Gasteiger partial charge on any atom is 0.339 e. The van der Waals surface area contributed by atoms with Gasteiger partial charge in [-0.1, -0.05) is 36.4 Å². The predicted molar refractivity (Wildman–Crippen MR) is 211 cm³/mol. The topological polar surface area (TPSA) is 187 Å². The highest BCUT2D eigenvalue weighted by molar-refractivity contribution is 7.87. The van der Waals surface area contributed by atoms with Gasteiger partial charge in [0.2, 0.25) is 0 Å². The van der Waals surface area contributed by atoms with Crippen molar-refractivity contribution < 1.29 is 44.3 Å². The molecule has 0 heterocycles. The first-order chi connectivity index (χ1) is 27.0. The lowest BCUT2D eigenvalue weighted by Gasteiger charge is -2.11. The summed E-state index contributed by atoms with van der Waals surface area (Å²) in [6, 6.07) is 39.8. The van der Waals surface area contributed by atoms with Gasteiger partial charge < -0.3 is 39.1 Å². The molecule has 6 rings (SSSR count). The molecule has 0 fully saturated rings. The van der Waals surface area contributed by atoms with E-state index in [0.717, 1.165) is 0 Å². The lowest BCUT2D eigenvalue weighted by atomic mass is 10.3. The number of urea groups is 2. The van der Waals surface area contributed by atoms with Crippen LogP contribution in [0.25, 0.3) is 0 Å². The maximum atomic E-state index is 12.5. The summed E-state index contributed by atoms with van der Waals surface area (Å²) in [4.78, 5) is 25.1. The molecule has 0 unspecified atom stereocenters. The number of benzene rings is 6. The van der Waals surface area contributed by atoms with E-state index in [4.69, 9.17) is 17.8 Å². The van der Waals surface area contributed by atoms with Crippen LogP contribution in [0.15, 0.2) is 168 Å². The van der Waals surface area contributed by atoms with Crippen molar-refractivity contribution in [2.75, 3.05) is 34.5 Å². The molecule has 16 heteroatoms. The molecule has 0 saturated heterocycles. The van der Waals surface area contributed by atoms with Gasteiger partial charge in [0.25, 0.3) is 0 Å². The van der Waals surface area contributed by atoms with Gasteiger partial charge in [-0.25, -0.2) is 9.59 Å². The first kappa shape index (κ1) is 38.7. The highest BCUT2D eigenvalue weighted by Gasteiger charge is 2.17. The quantitative estimate of drug-likeness (QED) is 0.0587. The van der Waals surface area contributed by atoms with E-state index in [9.17, 15) is 26.4 Å². The van der Waals surface area contributed by atoms with E-state index in [1.54, 1.807) is 84.9 Å². The Kier molecular flexibility index (Phi) is 12.3. The fourth-order valence-electron chi connectivity index (χ4n) is 4.89. The molecule has 56 heavy (non-hydrogen) atoms. The van der Waals surface area contributed by atoms with Gasteiger partial charge in [-0.05, 0) is 121 Å². The Morgan fingerprint density at radius 1 is 0.375 bits per heavy atom. The number of hydrogen-bond donors (Lipinski definition) is 4. The standard InChI is InChI=1S/C40H34N4O10S2/c45-39(43-31-15-23-35(24-16-31)53-55(47,48)37-7-3-1-4-8-37)41-29-11-19-33(20-12-29)51-27-28-52-34-21-13-30(14-22-34)42-40(46)44-32-17-25-36(26-18-32)54-56(49,50)38-9-5-2-6-10-38/h1-26H,27-28H2,(H2,41,43,45)(H2,42,44,46). The number of nitrogens with one attached hydrogen (secondary N) is 4. The average molecular weight is 795 g/mol. The van der Waals surface area contributed by atoms with Gasteiger partial charge in [0.15, 0.2) is 0 Å². The second kappa shape index (κ2) is 17.9. The third kappa shape index (κ3) is 11.2. The number of ether oxygens (including phenoxy) is 2. The second-order valence-electron chi connectivity index (χ2n) is 11.7. The van der Waals surface area contributed by atoms with E-state index in [0.29, 0.717) is 34.2 Å². The van der Waals surface area contributed by atoms with Gasteiger partial charge in [0.1, 0.15) is 46.0 Å². The predicted octanol–water partition coefficient (Wildman–Crippen LogP) is 7.97. The van der Waals surface area contributed by atoms with Crippen molar-refractivity contribution in [3.05, 3.63) is 158 Å². The van der Waals surface area contributed by atoms with Crippen LogP contribution in [0.5, 0.6) is 23.0 Å². The maximum absolute atomic E-state index is 12.5. The number of rotatable bonds is 15. The van der Waals surface area contributed by atoms with Gasteiger partial charge in [0.05, 0.1) is 0 Å². The van der Waals surface area contributed by atoms with Crippen LogP contribution < -0.4 is 39.1 Å². The number of amides is 4. The van der Waals surface area contributed by atoms with Crippen molar-refractivity contribution in [3.63, 3.8) is 0 Å². The largest absolute Gasteiger partial charge is 0.490 e. The summed E-state index contributed by atoms with van der Waals surface area (Å²) in [5.74, 6) is 1.32. The fraction of sp³-hybridized carbons (Fsp3) is 0.0500.